The van der Waals surface area contributed by atoms with Crippen molar-refractivity contribution in [3.8, 4) is 0 Å². The zero-order valence-electron chi connectivity index (χ0n) is 10.00. The van der Waals surface area contributed by atoms with Crippen LogP contribution >= 0.6 is 11.6 Å². The molecular weight excluding hydrogens is 232 g/mol. The monoisotopic (exact) mass is 246 g/mol. The Morgan fingerprint density at radius 2 is 2.12 bits per heavy atom. The van der Waals surface area contributed by atoms with Gasteiger partial charge in [-0.25, -0.2) is 0 Å². The number of benzene rings is 1. The fourth-order valence-corrected chi connectivity index (χ4v) is 1.98. The van der Waals surface area contributed by atoms with Gasteiger partial charge in [-0.3, -0.25) is 4.98 Å². The predicted octanol–water partition coefficient (Wildman–Crippen LogP) is 3.81. The van der Waals surface area contributed by atoms with Gasteiger partial charge in [0.1, 0.15) is 0 Å². The number of hydrogen-bond acceptors (Lipinski definition) is 2. The molecular formula is C14H15ClN2. The third kappa shape index (κ3) is 2.42. The Kier molecular flexibility index (Phi) is 3.34. The Balaban J connectivity index is 2.59. The lowest BCUT2D eigenvalue weighted by molar-refractivity contribution is 1.13. The van der Waals surface area contributed by atoms with Crippen LogP contribution in [0.5, 0.6) is 0 Å². The van der Waals surface area contributed by atoms with Crippen molar-refractivity contribution < 1.29 is 0 Å². The van der Waals surface area contributed by atoms with Crippen LogP contribution in [-0.2, 0) is 6.42 Å². The van der Waals surface area contributed by atoms with E-state index in [4.69, 9.17) is 17.3 Å². The number of allylic oxidation sites excluding steroid dienone is 2. The zero-order chi connectivity index (χ0) is 12.4. The molecule has 2 rings (SSSR count). The van der Waals surface area contributed by atoms with Crippen LogP contribution in [0.2, 0.25) is 0 Å². The summed E-state index contributed by atoms with van der Waals surface area (Å²) >= 11 is 5.85. The number of nitrogen functional groups attached to an aromatic ring is 1. The molecule has 0 saturated heterocycles. The maximum atomic E-state index is 6.19. The van der Waals surface area contributed by atoms with Crippen LogP contribution in [0, 0.1) is 6.92 Å². The van der Waals surface area contributed by atoms with Gasteiger partial charge >= 0.3 is 0 Å². The summed E-state index contributed by atoms with van der Waals surface area (Å²) in [5, 5.41) is 1.78. The second-order valence-corrected chi connectivity index (χ2v) is 4.70. The number of halogens is 1. The number of aryl methyl sites for hydroxylation is 1. The molecule has 3 heteroatoms. The summed E-state index contributed by atoms with van der Waals surface area (Å²) in [6, 6.07) is 7.92. The first-order valence-corrected chi connectivity index (χ1v) is 5.93. The molecule has 1 heterocycles. The van der Waals surface area contributed by atoms with Crippen LogP contribution in [-0.4, -0.2) is 4.98 Å². The molecule has 0 atom stereocenters. The van der Waals surface area contributed by atoms with Gasteiger partial charge in [0, 0.05) is 27.4 Å². The number of para-hydroxylation sites is 1. The molecule has 0 fully saturated rings. The molecule has 2 N–H and O–H groups in total. The van der Waals surface area contributed by atoms with Crippen molar-refractivity contribution >= 4 is 28.2 Å². The summed E-state index contributed by atoms with van der Waals surface area (Å²) in [5.41, 5.74) is 9.97. The minimum absolute atomic E-state index is 0.727. The van der Waals surface area contributed by atoms with Gasteiger partial charge < -0.3 is 5.73 Å². The van der Waals surface area contributed by atoms with Crippen LogP contribution < -0.4 is 5.73 Å². The summed E-state index contributed by atoms with van der Waals surface area (Å²) in [7, 11) is 0. The largest absolute Gasteiger partial charge is 0.398 e. The molecule has 0 spiro atoms. The van der Waals surface area contributed by atoms with E-state index in [-0.39, 0.29) is 0 Å². The predicted molar refractivity (Wildman–Crippen MR) is 74.2 cm³/mol. The molecule has 0 amide bonds. The van der Waals surface area contributed by atoms with Gasteiger partial charge in [0.15, 0.2) is 0 Å². The van der Waals surface area contributed by atoms with Crippen molar-refractivity contribution in [1.29, 1.82) is 0 Å². The maximum Gasteiger partial charge on any atom is 0.0726 e. The first-order valence-electron chi connectivity index (χ1n) is 5.55. The fourth-order valence-electron chi connectivity index (χ4n) is 1.90. The topological polar surface area (TPSA) is 38.9 Å². The van der Waals surface area contributed by atoms with Gasteiger partial charge in [0.05, 0.1) is 5.52 Å². The van der Waals surface area contributed by atoms with Crippen LogP contribution in [0.25, 0.3) is 10.9 Å². The summed E-state index contributed by atoms with van der Waals surface area (Å²) in [4.78, 5) is 4.56. The molecule has 17 heavy (non-hydrogen) atoms. The third-order valence-corrected chi connectivity index (χ3v) is 2.99. The number of nitrogens with two attached hydrogens (primary N) is 1. The van der Waals surface area contributed by atoms with Gasteiger partial charge in [-0.2, -0.15) is 0 Å². The Bertz CT molecular complexity index is 584. The average molecular weight is 247 g/mol. The number of fused-ring (bicyclic) bond motifs is 1. The van der Waals surface area contributed by atoms with E-state index >= 15 is 0 Å². The van der Waals surface area contributed by atoms with E-state index in [2.05, 4.69) is 4.98 Å². The van der Waals surface area contributed by atoms with Crippen molar-refractivity contribution in [3.63, 3.8) is 0 Å². The van der Waals surface area contributed by atoms with E-state index in [0.29, 0.717) is 0 Å². The van der Waals surface area contributed by atoms with Gasteiger partial charge in [-0.05, 0) is 26.3 Å². The highest BCUT2D eigenvalue weighted by molar-refractivity contribution is 6.29. The standard InChI is InChI=1S/C14H15ClN2/c1-9(15)7-8-11-10(2)17-13-6-4-3-5-12(13)14(11)16/h3-7H,8H2,1-2H3,(H2,16,17)/b9-7-. The molecule has 0 aliphatic rings. The highest BCUT2D eigenvalue weighted by Gasteiger charge is 2.08. The third-order valence-electron chi connectivity index (χ3n) is 2.83. The smallest absolute Gasteiger partial charge is 0.0726 e. The molecule has 0 aliphatic carbocycles. The number of hydrogen-bond donors (Lipinski definition) is 1. The normalized spacial score (nSPS) is 12.1. The van der Waals surface area contributed by atoms with Crippen LogP contribution in [0.15, 0.2) is 35.4 Å². The maximum absolute atomic E-state index is 6.19. The Morgan fingerprint density at radius 1 is 1.41 bits per heavy atom. The second-order valence-electron chi connectivity index (χ2n) is 4.10. The molecule has 88 valence electrons. The van der Waals surface area contributed by atoms with Crippen LogP contribution in [0.1, 0.15) is 18.2 Å². The van der Waals surface area contributed by atoms with Gasteiger partial charge in [0.25, 0.3) is 0 Å². The summed E-state index contributed by atoms with van der Waals surface area (Å²) in [5.74, 6) is 0. The SMILES string of the molecule is C/C(Cl)=C/Cc1c(C)nc2ccccc2c1N. The molecule has 1 aromatic heterocycles. The van der Waals surface area contributed by atoms with E-state index in [0.717, 1.165) is 39.3 Å². The van der Waals surface area contributed by atoms with E-state index in [1.807, 2.05) is 44.2 Å². The molecule has 1 aromatic carbocycles. The van der Waals surface area contributed by atoms with Crippen LogP contribution in [0.3, 0.4) is 0 Å². The van der Waals surface area contributed by atoms with E-state index in [1.54, 1.807) is 0 Å². The average Bonchev–Trinajstić information content (AvgIpc) is 2.28. The van der Waals surface area contributed by atoms with Gasteiger partial charge in [-0.15, -0.1) is 0 Å². The molecule has 2 aromatic rings. The van der Waals surface area contributed by atoms with Crippen molar-refractivity contribution in [2.45, 2.75) is 20.3 Å². The van der Waals surface area contributed by atoms with Crippen LogP contribution in [0.4, 0.5) is 5.69 Å². The minimum Gasteiger partial charge on any atom is -0.398 e. The molecule has 0 aliphatic heterocycles. The molecule has 0 bridgehead atoms. The van der Waals surface area contributed by atoms with Gasteiger partial charge in [-0.1, -0.05) is 35.9 Å². The Morgan fingerprint density at radius 3 is 2.82 bits per heavy atom. The number of rotatable bonds is 2. The van der Waals surface area contributed by atoms with E-state index in [9.17, 15) is 0 Å². The quantitative estimate of drug-likeness (QED) is 0.875. The number of anilines is 1. The number of aromatic nitrogens is 1. The molecule has 2 nitrogen and oxygen atoms in total. The minimum atomic E-state index is 0.727. The summed E-state index contributed by atoms with van der Waals surface area (Å²) in [6.45, 7) is 3.84. The van der Waals surface area contributed by atoms with E-state index in [1.165, 1.54) is 0 Å². The lowest BCUT2D eigenvalue weighted by Gasteiger charge is -2.10. The van der Waals surface area contributed by atoms with Crippen molar-refractivity contribution in [1.82, 2.24) is 4.98 Å². The van der Waals surface area contributed by atoms with Gasteiger partial charge in [0.2, 0.25) is 0 Å². The number of nitrogens with zero attached hydrogens (tertiary/aromatic N) is 1. The van der Waals surface area contributed by atoms with Crippen molar-refractivity contribution in [2.24, 2.45) is 0 Å². The molecule has 0 unspecified atom stereocenters. The zero-order valence-corrected chi connectivity index (χ0v) is 10.8. The molecule has 0 saturated carbocycles. The highest BCUT2D eigenvalue weighted by Crippen LogP contribution is 2.26. The lowest BCUT2D eigenvalue weighted by Crippen LogP contribution is -2.00. The highest BCUT2D eigenvalue weighted by atomic mass is 35.5. The first-order chi connectivity index (χ1) is 8.09. The molecule has 0 radical (unpaired) electrons. The second kappa shape index (κ2) is 4.76. The lowest BCUT2D eigenvalue weighted by atomic mass is 10.0. The summed E-state index contributed by atoms with van der Waals surface area (Å²) < 4.78 is 0. The van der Waals surface area contributed by atoms with Crippen molar-refractivity contribution in [2.75, 3.05) is 5.73 Å². The Hall–Kier alpha value is -1.54. The first kappa shape index (κ1) is 11.9. The fraction of sp³-hybridized carbons (Fsp3) is 0.214. The number of pyridine rings is 1. The summed E-state index contributed by atoms with van der Waals surface area (Å²) in [6.07, 6.45) is 2.68. The Labute approximate surface area is 106 Å². The van der Waals surface area contributed by atoms with Crippen molar-refractivity contribution in [3.05, 3.63) is 46.6 Å². The van der Waals surface area contributed by atoms with E-state index < -0.39 is 0 Å².